The maximum atomic E-state index is 6.03. The van der Waals surface area contributed by atoms with Gasteiger partial charge >= 0.3 is 0 Å². The van der Waals surface area contributed by atoms with Gasteiger partial charge in [-0.3, -0.25) is 0 Å². The van der Waals surface area contributed by atoms with E-state index in [-0.39, 0.29) is 0 Å². The van der Waals surface area contributed by atoms with Gasteiger partial charge in [-0.25, -0.2) is 0 Å². The Morgan fingerprint density at radius 3 is 2.74 bits per heavy atom. The fourth-order valence-corrected chi connectivity index (χ4v) is 4.01. The van der Waals surface area contributed by atoms with E-state index in [4.69, 9.17) is 4.42 Å². The van der Waals surface area contributed by atoms with Gasteiger partial charge in [0.05, 0.1) is 6.04 Å². The number of fused-ring (bicyclic) bond motifs is 1. The standard InChI is InChI=1S/C16H21NOS/c1-11-14-5-3-4-6-15(14)18-16(11)12(2)17-13-7-9-19-10-8-13/h3-6,12-13,17H,7-10H2,1-2H3. The van der Waals surface area contributed by atoms with Gasteiger partial charge in [-0.15, -0.1) is 0 Å². The Labute approximate surface area is 118 Å². The summed E-state index contributed by atoms with van der Waals surface area (Å²) in [5, 5.41) is 4.97. The minimum atomic E-state index is 0.292. The fourth-order valence-electron chi connectivity index (χ4n) is 2.90. The van der Waals surface area contributed by atoms with Crippen molar-refractivity contribution >= 4 is 22.7 Å². The van der Waals surface area contributed by atoms with E-state index in [1.54, 1.807) is 0 Å². The van der Waals surface area contributed by atoms with Crippen LogP contribution < -0.4 is 5.32 Å². The van der Waals surface area contributed by atoms with Crippen LogP contribution in [0.25, 0.3) is 11.0 Å². The van der Waals surface area contributed by atoms with Crippen molar-refractivity contribution in [2.45, 2.75) is 38.8 Å². The van der Waals surface area contributed by atoms with Crippen molar-refractivity contribution < 1.29 is 4.42 Å². The van der Waals surface area contributed by atoms with Crippen molar-refractivity contribution in [3.05, 3.63) is 35.6 Å². The van der Waals surface area contributed by atoms with Crippen LogP contribution in [0.5, 0.6) is 0 Å². The van der Waals surface area contributed by atoms with Crippen molar-refractivity contribution in [2.75, 3.05) is 11.5 Å². The van der Waals surface area contributed by atoms with E-state index in [0.29, 0.717) is 12.1 Å². The number of hydrogen-bond donors (Lipinski definition) is 1. The van der Waals surface area contributed by atoms with E-state index in [0.717, 1.165) is 11.3 Å². The van der Waals surface area contributed by atoms with Crippen LogP contribution >= 0.6 is 11.8 Å². The highest BCUT2D eigenvalue weighted by Crippen LogP contribution is 2.30. The van der Waals surface area contributed by atoms with Crippen LogP contribution in [0.3, 0.4) is 0 Å². The molecule has 2 heterocycles. The van der Waals surface area contributed by atoms with Gasteiger partial charge in [0.15, 0.2) is 0 Å². The average molecular weight is 275 g/mol. The number of aryl methyl sites for hydroxylation is 1. The molecule has 102 valence electrons. The lowest BCUT2D eigenvalue weighted by molar-refractivity contribution is 0.383. The first-order valence-corrected chi connectivity index (χ1v) is 8.23. The summed E-state index contributed by atoms with van der Waals surface area (Å²) in [5.41, 5.74) is 2.28. The first-order chi connectivity index (χ1) is 9.25. The molecule has 0 saturated carbocycles. The normalized spacial score (nSPS) is 18.8. The summed E-state index contributed by atoms with van der Waals surface area (Å²) in [6, 6.07) is 9.23. The van der Waals surface area contributed by atoms with E-state index in [9.17, 15) is 0 Å². The molecule has 1 fully saturated rings. The third-order valence-corrected chi connectivity index (χ3v) is 5.03. The van der Waals surface area contributed by atoms with Gasteiger partial charge in [-0.05, 0) is 49.8 Å². The molecule has 0 radical (unpaired) electrons. The molecule has 3 rings (SSSR count). The highest BCUT2D eigenvalue weighted by Gasteiger charge is 2.20. The lowest BCUT2D eigenvalue weighted by Gasteiger charge is -2.25. The molecule has 0 bridgehead atoms. The zero-order valence-electron chi connectivity index (χ0n) is 11.6. The number of furan rings is 1. The van der Waals surface area contributed by atoms with Gasteiger partial charge < -0.3 is 9.73 Å². The van der Waals surface area contributed by atoms with Crippen molar-refractivity contribution in [2.24, 2.45) is 0 Å². The summed E-state index contributed by atoms with van der Waals surface area (Å²) < 4.78 is 6.03. The van der Waals surface area contributed by atoms with Crippen molar-refractivity contribution in [3.8, 4) is 0 Å². The third-order valence-electron chi connectivity index (χ3n) is 3.98. The van der Waals surface area contributed by atoms with Crippen molar-refractivity contribution in [1.82, 2.24) is 5.32 Å². The lowest BCUT2D eigenvalue weighted by atomic mass is 10.1. The molecule has 0 aliphatic carbocycles. The predicted octanol–water partition coefficient (Wildman–Crippen LogP) is 4.29. The van der Waals surface area contributed by atoms with Crippen LogP contribution in [0.15, 0.2) is 28.7 Å². The van der Waals surface area contributed by atoms with Crippen LogP contribution in [-0.4, -0.2) is 17.5 Å². The number of nitrogens with one attached hydrogen (secondary N) is 1. The Hall–Kier alpha value is -0.930. The Kier molecular flexibility index (Phi) is 3.85. The summed E-state index contributed by atoms with van der Waals surface area (Å²) in [4.78, 5) is 0. The second kappa shape index (κ2) is 5.59. The van der Waals surface area contributed by atoms with E-state index < -0.39 is 0 Å². The Morgan fingerprint density at radius 2 is 2.00 bits per heavy atom. The smallest absolute Gasteiger partial charge is 0.134 e. The van der Waals surface area contributed by atoms with Crippen molar-refractivity contribution in [3.63, 3.8) is 0 Å². The summed E-state index contributed by atoms with van der Waals surface area (Å²) in [6.45, 7) is 4.38. The first-order valence-electron chi connectivity index (χ1n) is 7.07. The van der Waals surface area contributed by atoms with Crippen LogP contribution in [0, 0.1) is 6.92 Å². The number of para-hydroxylation sites is 1. The van der Waals surface area contributed by atoms with Crippen LogP contribution in [-0.2, 0) is 0 Å². The molecule has 2 nitrogen and oxygen atoms in total. The Morgan fingerprint density at radius 1 is 1.26 bits per heavy atom. The Bertz CT molecular complexity index is 557. The lowest BCUT2D eigenvalue weighted by Crippen LogP contribution is -2.34. The molecule has 1 aliphatic heterocycles. The molecule has 1 aliphatic rings. The largest absolute Gasteiger partial charge is 0.459 e. The average Bonchev–Trinajstić information content (AvgIpc) is 2.78. The first kappa shape index (κ1) is 13.1. The fraction of sp³-hybridized carbons (Fsp3) is 0.500. The monoisotopic (exact) mass is 275 g/mol. The van der Waals surface area contributed by atoms with Gasteiger partial charge in [0.25, 0.3) is 0 Å². The third kappa shape index (κ3) is 2.67. The molecule has 0 spiro atoms. The van der Waals surface area contributed by atoms with E-state index in [1.807, 2.05) is 6.07 Å². The molecule has 1 atom stereocenters. The highest BCUT2D eigenvalue weighted by atomic mass is 32.2. The maximum Gasteiger partial charge on any atom is 0.134 e. The van der Waals surface area contributed by atoms with Gasteiger partial charge in [0.2, 0.25) is 0 Å². The maximum absolute atomic E-state index is 6.03. The summed E-state index contributed by atoms with van der Waals surface area (Å²) in [6.07, 6.45) is 2.54. The number of thioether (sulfide) groups is 1. The number of hydrogen-bond acceptors (Lipinski definition) is 3. The molecule has 1 aromatic heterocycles. The quantitative estimate of drug-likeness (QED) is 0.904. The van der Waals surface area contributed by atoms with E-state index >= 15 is 0 Å². The molecule has 0 amide bonds. The van der Waals surface area contributed by atoms with Crippen LogP contribution in [0.4, 0.5) is 0 Å². The highest BCUT2D eigenvalue weighted by molar-refractivity contribution is 7.99. The minimum absolute atomic E-state index is 0.292. The second-order valence-electron chi connectivity index (χ2n) is 5.36. The van der Waals surface area contributed by atoms with Gasteiger partial charge in [0, 0.05) is 11.4 Å². The van der Waals surface area contributed by atoms with Gasteiger partial charge in [-0.2, -0.15) is 11.8 Å². The molecule has 2 aromatic rings. The van der Waals surface area contributed by atoms with Crippen LogP contribution in [0.2, 0.25) is 0 Å². The summed E-state index contributed by atoms with van der Waals surface area (Å²) in [5.74, 6) is 3.66. The van der Waals surface area contributed by atoms with E-state index in [1.165, 1.54) is 35.3 Å². The SMILES string of the molecule is Cc1c(C(C)NC2CCSCC2)oc2ccccc12. The molecule has 19 heavy (non-hydrogen) atoms. The Balaban J connectivity index is 1.80. The zero-order valence-corrected chi connectivity index (χ0v) is 12.4. The molecular formula is C16H21NOS. The second-order valence-corrected chi connectivity index (χ2v) is 6.59. The zero-order chi connectivity index (χ0) is 13.2. The van der Waals surface area contributed by atoms with Crippen molar-refractivity contribution in [1.29, 1.82) is 0 Å². The minimum Gasteiger partial charge on any atom is -0.459 e. The van der Waals surface area contributed by atoms with Gasteiger partial charge in [0.1, 0.15) is 11.3 Å². The van der Waals surface area contributed by atoms with Gasteiger partial charge in [-0.1, -0.05) is 18.2 Å². The molecule has 1 unspecified atom stereocenters. The molecule has 3 heteroatoms. The molecule has 1 saturated heterocycles. The topological polar surface area (TPSA) is 25.2 Å². The molecular weight excluding hydrogens is 254 g/mol. The number of rotatable bonds is 3. The van der Waals surface area contributed by atoms with Crippen LogP contribution in [0.1, 0.15) is 37.1 Å². The molecule has 1 N–H and O–H groups in total. The predicted molar refractivity (Wildman–Crippen MR) is 82.8 cm³/mol. The molecule has 1 aromatic carbocycles. The van der Waals surface area contributed by atoms with E-state index in [2.05, 4.69) is 49.1 Å². The summed E-state index contributed by atoms with van der Waals surface area (Å²) in [7, 11) is 0. The number of benzene rings is 1. The summed E-state index contributed by atoms with van der Waals surface area (Å²) >= 11 is 2.07.